The van der Waals surface area contributed by atoms with Crippen LogP contribution in [-0.2, 0) is 6.18 Å². The molecule has 0 aliphatic carbocycles. The van der Waals surface area contributed by atoms with Crippen molar-refractivity contribution in [3.8, 4) is 5.88 Å². The minimum Gasteiger partial charge on any atom is -0.477 e. The topological polar surface area (TPSA) is 61.0 Å². The third-order valence-corrected chi connectivity index (χ3v) is 1.54. The van der Waals surface area contributed by atoms with Crippen molar-refractivity contribution in [3.05, 3.63) is 11.9 Å². The van der Waals surface area contributed by atoms with Gasteiger partial charge in [0.15, 0.2) is 0 Å². The van der Waals surface area contributed by atoms with Gasteiger partial charge >= 0.3 is 6.18 Å². The Morgan fingerprint density at radius 2 is 2.00 bits per heavy atom. The van der Waals surface area contributed by atoms with Crippen LogP contribution in [0, 0.1) is 5.92 Å². The lowest BCUT2D eigenvalue weighted by Gasteiger charge is -2.10. The molecule has 16 heavy (non-hydrogen) atoms. The molecule has 0 aliphatic heterocycles. The fourth-order valence-corrected chi connectivity index (χ4v) is 0.895. The highest BCUT2D eigenvalue weighted by Crippen LogP contribution is 2.28. The molecule has 0 spiro atoms. The van der Waals surface area contributed by atoms with Crippen molar-refractivity contribution in [1.29, 1.82) is 0 Å². The van der Waals surface area contributed by atoms with Crippen LogP contribution in [0.25, 0.3) is 0 Å². The van der Waals surface area contributed by atoms with Gasteiger partial charge in [-0.25, -0.2) is 4.98 Å². The summed E-state index contributed by atoms with van der Waals surface area (Å²) in [6.45, 7) is 4.01. The van der Waals surface area contributed by atoms with Crippen molar-refractivity contribution < 1.29 is 17.9 Å². The van der Waals surface area contributed by atoms with Gasteiger partial charge in [0.05, 0.1) is 6.61 Å². The van der Waals surface area contributed by atoms with Gasteiger partial charge in [0.2, 0.25) is 11.7 Å². The van der Waals surface area contributed by atoms with Gasteiger partial charge in [-0.15, -0.1) is 0 Å². The zero-order valence-electron chi connectivity index (χ0n) is 8.88. The van der Waals surface area contributed by atoms with Gasteiger partial charge in [-0.05, 0) is 5.92 Å². The van der Waals surface area contributed by atoms with E-state index in [1.165, 1.54) is 0 Å². The first-order valence-corrected chi connectivity index (χ1v) is 4.63. The number of nitrogens with zero attached hydrogens (tertiary/aromatic N) is 2. The zero-order valence-corrected chi connectivity index (χ0v) is 8.88. The molecule has 1 heterocycles. The molecule has 0 atom stereocenters. The fourth-order valence-electron chi connectivity index (χ4n) is 0.895. The number of ether oxygens (including phenoxy) is 1. The van der Waals surface area contributed by atoms with E-state index in [9.17, 15) is 13.2 Å². The summed E-state index contributed by atoms with van der Waals surface area (Å²) in [5.41, 5.74) is 5.23. The number of aromatic nitrogens is 2. The largest absolute Gasteiger partial charge is 0.477 e. The van der Waals surface area contributed by atoms with E-state index in [-0.39, 0.29) is 24.2 Å². The second-order valence-electron chi connectivity index (χ2n) is 3.66. The Morgan fingerprint density at radius 1 is 1.38 bits per heavy atom. The minimum absolute atomic E-state index is 0.159. The summed E-state index contributed by atoms with van der Waals surface area (Å²) in [7, 11) is 0. The van der Waals surface area contributed by atoms with Crippen molar-refractivity contribution in [2.24, 2.45) is 5.92 Å². The maximum atomic E-state index is 12.3. The minimum atomic E-state index is -4.62. The van der Waals surface area contributed by atoms with E-state index in [0.717, 1.165) is 6.07 Å². The predicted octanol–water partition coefficient (Wildman–Crippen LogP) is 2.11. The highest BCUT2D eigenvalue weighted by molar-refractivity contribution is 5.33. The quantitative estimate of drug-likeness (QED) is 0.871. The Morgan fingerprint density at radius 3 is 2.50 bits per heavy atom. The fraction of sp³-hybridized carbons (Fsp3) is 0.556. The first-order chi connectivity index (χ1) is 7.29. The number of alkyl halides is 3. The van der Waals surface area contributed by atoms with Gasteiger partial charge in [-0.2, -0.15) is 18.2 Å². The first-order valence-electron chi connectivity index (χ1n) is 4.63. The van der Waals surface area contributed by atoms with E-state index in [0.29, 0.717) is 0 Å². The Kier molecular flexibility index (Phi) is 3.56. The third kappa shape index (κ3) is 3.56. The highest BCUT2D eigenvalue weighted by atomic mass is 19.4. The normalized spacial score (nSPS) is 11.9. The summed E-state index contributed by atoms with van der Waals surface area (Å²) in [4.78, 5) is 6.33. The van der Waals surface area contributed by atoms with E-state index in [4.69, 9.17) is 10.5 Å². The van der Waals surface area contributed by atoms with Crippen molar-refractivity contribution in [3.63, 3.8) is 0 Å². The molecule has 0 fully saturated rings. The average Bonchev–Trinajstić information content (AvgIpc) is 2.12. The maximum Gasteiger partial charge on any atom is 0.451 e. The Balaban J connectivity index is 2.90. The van der Waals surface area contributed by atoms with Crippen molar-refractivity contribution in [2.75, 3.05) is 12.3 Å². The molecule has 0 amide bonds. The van der Waals surface area contributed by atoms with E-state index in [2.05, 4.69) is 9.97 Å². The van der Waals surface area contributed by atoms with Crippen molar-refractivity contribution >= 4 is 5.82 Å². The molecule has 0 saturated heterocycles. The molecule has 0 radical (unpaired) electrons. The molecule has 0 saturated carbocycles. The molecule has 90 valence electrons. The molecular formula is C9H12F3N3O. The first kappa shape index (κ1) is 12.5. The van der Waals surface area contributed by atoms with Gasteiger partial charge in [0.1, 0.15) is 5.82 Å². The molecule has 7 heteroatoms. The van der Waals surface area contributed by atoms with Crippen LogP contribution < -0.4 is 10.5 Å². The van der Waals surface area contributed by atoms with Crippen LogP contribution in [-0.4, -0.2) is 16.6 Å². The number of halogens is 3. The summed E-state index contributed by atoms with van der Waals surface area (Å²) >= 11 is 0. The van der Waals surface area contributed by atoms with E-state index >= 15 is 0 Å². The number of nitrogens with two attached hydrogens (primary N) is 1. The van der Waals surface area contributed by atoms with Crippen LogP contribution in [0.4, 0.5) is 19.0 Å². The van der Waals surface area contributed by atoms with Gasteiger partial charge in [-0.3, -0.25) is 0 Å². The molecule has 1 rings (SSSR count). The van der Waals surface area contributed by atoms with Gasteiger partial charge in [0, 0.05) is 6.07 Å². The lowest BCUT2D eigenvalue weighted by molar-refractivity contribution is -0.145. The summed E-state index contributed by atoms with van der Waals surface area (Å²) in [5.74, 6) is -1.52. The van der Waals surface area contributed by atoms with Crippen LogP contribution >= 0.6 is 0 Å². The number of rotatable bonds is 3. The molecule has 1 aromatic heterocycles. The lowest BCUT2D eigenvalue weighted by Crippen LogP contribution is -2.14. The summed E-state index contributed by atoms with van der Waals surface area (Å²) in [6.07, 6.45) is -4.62. The van der Waals surface area contributed by atoms with Crippen LogP contribution in [0.15, 0.2) is 6.07 Å². The zero-order chi connectivity index (χ0) is 12.3. The second kappa shape index (κ2) is 4.54. The highest BCUT2D eigenvalue weighted by Gasteiger charge is 2.35. The second-order valence-corrected chi connectivity index (χ2v) is 3.66. The molecule has 2 N–H and O–H groups in total. The van der Waals surface area contributed by atoms with Crippen molar-refractivity contribution in [1.82, 2.24) is 9.97 Å². The van der Waals surface area contributed by atoms with Gasteiger partial charge < -0.3 is 10.5 Å². The molecule has 0 aliphatic rings. The molecule has 1 aromatic rings. The number of anilines is 1. The Bertz CT molecular complexity index is 366. The van der Waals surface area contributed by atoms with E-state index in [1.807, 2.05) is 13.8 Å². The molecule has 0 unspecified atom stereocenters. The Labute approximate surface area is 90.6 Å². The van der Waals surface area contributed by atoms with E-state index in [1.54, 1.807) is 0 Å². The molecule has 0 aromatic carbocycles. The van der Waals surface area contributed by atoms with Crippen LogP contribution in [0.1, 0.15) is 19.7 Å². The number of nitrogen functional groups attached to an aromatic ring is 1. The summed E-state index contributed by atoms with van der Waals surface area (Å²) in [6, 6.07) is 1.16. The smallest absolute Gasteiger partial charge is 0.451 e. The van der Waals surface area contributed by atoms with Gasteiger partial charge in [0.25, 0.3) is 0 Å². The van der Waals surface area contributed by atoms with Gasteiger partial charge in [-0.1, -0.05) is 13.8 Å². The standard InChI is InChI=1S/C9H12F3N3O/c1-5(2)4-16-7-3-6(13)14-8(15-7)9(10,11)12/h3,5H,4H2,1-2H3,(H2,13,14,15). The van der Waals surface area contributed by atoms with Crippen LogP contribution in [0.2, 0.25) is 0 Å². The Hall–Kier alpha value is -1.53. The molecule has 4 nitrogen and oxygen atoms in total. The summed E-state index contributed by atoms with van der Waals surface area (Å²) < 4.78 is 42.0. The molecular weight excluding hydrogens is 223 g/mol. The maximum absolute atomic E-state index is 12.3. The monoisotopic (exact) mass is 235 g/mol. The van der Waals surface area contributed by atoms with Crippen molar-refractivity contribution in [2.45, 2.75) is 20.0 Å². The van der Waals surface area contributed by atoms with E-state index < -0.39 is 12.0 Å². The lowest BCUT2D eigenvalue weighted by atomic mass is 10.2. The van der Waals surface area contributed by atoms with Crippen LogP contribution in [0.3, 0.4) is 0 Å². The number of hydrogen-bond acceptors (Lipinski definition) is 4. The predicted molar refractivity (Wildman–Crippen MR) is 51.8 cm³/mol. The van der Waals surface area contributed by atoms with Crippen LogP contribution in [0.5, 0.6) is 5.88 Å². The summed E-state index contributed by atoms with van der Waals surface area (Å²) in [5, 5.41) is 0. The molecule has 0 bridgehead atoms. The average molecular weight is 235 g/mol. The SMILES string of the molecule is CC(C)COc1cc(N)nc(C(F)(F)F)n1. The number of hydrogen-bond donors (Lipinski definition) is 1. The third-order valence-electron chi connectivity index (χ3n) is 1.54.